The van der Waals surface area contributed by atoms with E-state index in [4.69, 9.17) is 16.3 Å². The van der Waals surface area contributed by atoms with Crippen molar-refractivity contribution in [3.05, 3.63) is 118 Å². The Balaban J connectivity index is 1.28. The van der Waals surface area contributed by atoms with Gasteiger partial charge < -0.3 is 20.4 Å². The number of rotatable bonds is 9. The van der Waals surface area contributed by atoms with E-state index >= 15 is 0 Å². The molecule has 0 unspecified atom stereocenters. The number of carbonyl (C=O) groups excluding carboxylic acids is 3. The number of fused-ring (bicyclic) bond motifs is 1. The molecule has 0 spiro atoms. The number of anilines is 1. The van der Waals surface area contributed by atoms with E-state index in [9.17, 15) is 14.4 Å². The summed E-state index contributed by atoms with van der Waals surface area (Å²) in [5, 5.41) is 7.10. The van der Waals surface area contributed by atoms with E-state index in [-0.39, 0.29) is 23.0 Å². The highest BCUT2D eigenvalue weighted by atomic mass is 35.5. The van der Waals surface area contributed by atoms with Crippen molar-refractivity contribution in [1.29, 1.82) is 0 Å². The minimum Gasteiger partial charge on any atom is -0.457 e. The minimum absolute atomic E-state index is 0.129. The van der Waals surface area contributed by atoms with E-state index < -0.39 is 23.8 Å². The summed E-state index contributed by atoms with van der Waals surface area (Å²) in [4.78, 5) is 46.3. The number of halogens is 1. The van der Waals surface area contributed by atoms with Crippen LogP contribution in [0.4, 0.5) is 5.13 Å². The maximum Gasteiger partial charge on any atom is 0.350 e. The number of H-pyrrole nitrogens is 1. The molecule has 0 aliphatic carbocycles. The van der Waals surface area contributed by atoms with Crippen molar-refractivity contribution < 1.29 is 19.1 Å². The fraction of sp³-hybridized carbons (Fsp3) is 0.103. The summed E-state index contributed by atoms with van der Waals surface area (Å²) in [5.74, 6) is -1.45. The van der Waals surface area contributed by atoms with Crippen LogP contribution in [0.1, 0.15) is 31.3 Å². The Kier molecular flexibility index (Phi) is 8.00. The zero-order valence-electron chi connectivity index (χ0n) is 20.5. The molecule has 0 saturated carbocycles. The second-order valence-corrected chi connectivity index (χ2v) is 10.2. The van der Waals surface area contributed by atoms with E-state index in [1.54, 1.807) is 24.3 Å². The van der Waals surface area contributed by atoms with Crippen LogP contribution in [0.25, 0.3) is 10.9 Å². The molecule has 0 fully saturated rings. The lowest BCUT2D eigenvalue weighted by Crippen LogP contribution is -2.45. The van der Waals surface area contributed by atoms with Crippen molar-refractivity contribution in [3.8, 4) is 0 Å². The Morgan fingerprint density at radius 2 is 1.67 bits per heavy atom. The number of nitrogens with zero attached hydrogens (tertiary/aromatic N) is 1. The fourth-order valence-electron chi connectivity index (χ4n) is 3.93. The third-order valence-electron chi connectivity index (χ3n) is 5.88. The molecule has 0 aliphatic rings. The number of hydrogen-bond donors (Lipinski definition) is 3. The van der Waals surface area contributed by atoms with Gasteiger partial charge in [0.05, 0.1) is 6.20 Å². The Bertz CT molecular complexity index is 1620. The zero-order valence-corrected chi connectivity index (χ0v) is 22.1. The molecule has 2 amide bonds. The number of nitrogens with one attached hydrogen (secondary N) is 3. The van der Waals surface area contributed by atoms with Crippen molar-refractivity contribution in [2.45, 2.75) is 19.1 Å². The molecule has 0 aliphatic heterocycles. The first-order chi connectivity index (χ1) is 18.9. The van der Waals surface area contributed by atoms with Crippen LogP contribution in [0, 0.1) is 0 Å². The molecular formula is C29H23ClN4O4S. The van der Waals surface area contributed by atoms with Gasteiger partial charge in [-0.05, 0) is 35.4 Å². The van der Waals surface area contributed by atoms with E-state index in [0.29, 0.717) is 10.7 Å². The molecule has 5 rings (SSSR count). The van der Waals surface area contributed by atoms with Crippen LogP contribution in [0.3, 0.4) is 0 Å². The van der Waals surface area contributed by atoms with Gasteiger partial charge in [-0.1, -0.05) is 83.6 Å². The van der Waals surface area contributed by atoms with Crippen molar-refractivity contribution in [2.24, 2.45) is 0 Å². The number of thiazole rings is 1. The average Bonchev–Trinajstić information content (AvgIpc) is 3.59. The van der Waals surface area contributed by atoms with E-state index in [1.165, 1.54) is 6.20 Å². The smallest absolute Gasteiger partial charge is 0.350 e. The summed E-state index contributed by atoms with van der Waals surface area (Å²) in [5.41, 5.74) is 2.78. The highest BCUT2D eigenvalue weighted by Crippen LogP contribution is 2.22. The van der Waals surface area contributed by atoms with Gasteiger partial charge in [-0.15, -0.1) is 0 Å². The largest absolute Gasteiger partial charge is 0.457 e. The lowest BCUT2D eigenvalue weighted by molar-refractivity contribution is -0.118. The van der Waals surface area contributed by atoms with Crippen LogP contribution in [-0.2, 0) is 22.6 Å². The Hall–Kier alpha value is -4.47. The summed E-state index contributed by atoms with van der Waals surface area (Å²) in [7, 11) is 0. The van der Waals surface area contributed by atoms with Gasteiger partial charge in [0, 0.05) is 22.3 Å². The molecular weight excluding hydrogens is 536 g/mol. The van der Waals surface area contributed by atoms with E-state index in [1.807, 2.05) is 60.7 Å². The summed E-state index contributed by atoms with van der Waals surface area (Å²) >= 11 is 7.07. The molecule has 2 aromatic heterocycles. The maximum atomic E-state index is 13.3. The standard InChI is InChI=1S/C29H23ClN4O4S/c30-21-11-12-22-20(14-21)15-24(32-22)26(35)33-23(13-18-7-3-1-4-8-18)27(36)34-29-31-16-25(39-29)28(37)38-17-19-9-5-2-6-10-19/h1-12,14-16,23,32H,13,17H2,(H,33,35)(H,31,34,36)/t23-/m0/s1. The number of aromatic amines is 1. The van der Waals surface area contributed by atoms with Crippen molar-refractivity contribution in [1.82, 2.24) is 15.3 Å². The van der Waals surface area contributed by atoms with E-state index in [2.05, 4.69) is 20.6 Å². The number of carbonyl (C=O) groups is 3. The van der Waals surface area contributed by atoms with Crippen molar-refractivity contribution >= 4 is 56.8 Å². The van der Waals surface area contributed by atoms with Crippen LogP contribution < -0.4 is 10.6 Å². The Morgan fingerprint density at radius 3 is 2.41 bits per heavy atom. The zero-order chi connectivity index (χ0) is 27.2. The predicted molar refractivity (Wildman–Crippen MR) is 151 cm³/mol. The number of esters is 1. The molecule has 39 heavy (non-hydrogen) atoms. The van der Waals surface area contributed by atoms with E-state index in [0.717, 1.165) is 33.4 Å². The molecule has 0 bridgehead atoms. The fourth-order valence-corrected chi connectivity index (χ4v) is 4.83. The highest BCUT2D eigenvalue weighted by Gasteiger charge is 2.24. The molecule has 3 N–H and O–H groups in total. The van der Waals surface area contributed by atoms with Gasteiger partial charge >= 0.3 is 5.97 Å². The summed E-state index contributed by atoms with van der Waals surface area (Å²) in [6, 6.07) is 24.7. The molecule has 196 valence electrons. The first kappa shape index (κ1) is 26.1. The van der Waals surface area contributed by atoms with Gasteiger partial charge in [0.1, 0.15) is 23.2 Å². The molecule has 0 radical (unpaired) electrons. The Morgan fingerprint density at radius 1 is 0.949 bits per heavy atom. The number of amides is 2. The third kappa shape index (κ3) is 6.70. The first-order valence-corrected chi connectivity index (χ1v) is 13.2. The minimum atomic E-state index is -0.910. The van der Waals surface area contributed by atoms with Gasteiger partial charge in [0.25, 0.3) is 5.91 Å². The molecule has 0 saturated heterocycles. The topological polar surface area (TPSA) is 113 Å². The highest BCUT2D eigenvalue weighted by molar-refractivity contribution is 7.17. The number of aromatic nitrogens is 2. The molecule has 8 nitrogen and oxygen atoms in total. The molecule has 1 atom stereocenters. The molecule has 10 heteroatoms. The normalized spacial score (nSPS) is 11.6. The predicted octanol–water partition coefficient (Wildman–Crippen LogP) is 5.61. The SMILES string of the molecule is O=C(N[C@@H](Cc1ccccc1)C(=O)Nc1ncc(C(=O)OCc2ccccc2)s1)c1cc2cc(Cl)ccc2[nH]1. The Labute approximate surface area is 233 Å². The van der Waals surface area contributed by atoms with Crippen LogP contribution >= 0.6 is 22.9 Å². The van der Waals surface area contributed by atoms with Gasteiger partial charge in [-0.2, -0.15) is 0 Å². The lowest BCUT2D eigenvalue weighted by atomic mass is 10.1. The maximum absolute atomic E-state index is 13.3. The second kappa shape index (κ2) is 11.9. The van der Waals surface area contributed by atoms with Crippen LogP contribution in [0.15, 0.2) is 91.1 Å². The van der Waals surface area contributed by atoms with Crippen LogP contribution in [0.2, 0.25) is 5.02 Å². The van der Waals surface area contributed by atoms with Crippen LogP contribution in [0.5, 0.6) is 0 Å². The van der Waals surface area contributed by atoms with Crippen LogP contribution in [-0.4, -0.2) is 33.8 Å². The number of hydrogen-bond acceptors (Lipinski definition) is 6. The lowest BCUT2D eigenvalue weighted by Gasteiger charge is -2.17. The molecule has 5 aromatic rings. The van der Waals surface area contributed by atoms with Crippen molar-refractivity contribution in [3.63, 3.8) is 0 Å². The average molecular weight is 559 g/mol. The summed E-state index contributed by atoms with van der Waals surface area (Å²) in [6.45, 7) is 0.129. The van der Waals surface area contributed by atoms with Crippen molar-refractivity contribution in [2.75, 3.05) is 5.32 Å². The summed E-state index contributed by atoms with van der Waals surface area (Å²) in [6.07, 6.45) is 1.61. The van der Waals surface area contributed by atoms with Gasteiger partial charge in [-0.25, -0.2) is 9.78 Å². The van der Waals surface area contributed by atoms with Gasteiger partial charge in [-0.3, -0.25) is 9.59 Å². The molecule has 3 aromatic carbocycles. The second-order valence-electron chi connectivity index (χ2n) is 8.71. The third-order valence-corrected chi connectivity index (χ3v) is 7.01. The summed E-state index contributed by atoms with van der Waals surface area (Å²) < 4.78 is 5.34. The molecule has 2 heterocycles. The van der Waals surface area contributed by atoms with Gasteiger partial charge in [0.2, 0.25) is 5.91 Å². The monoisotopic (exact) mass is 558 g/mol. The quantitative estimate of drug-likeness (QED) is 0.203. The number of benzene rings is 3. The first-order valence-electron chi connectivity index (χ1n) is 12.1. The van der Waals surface area contributed by atoms with Gasteiger partial charge in [0.15, 0.2) is 5.13 Å². The number of ether oxygens (including phenoxy) is 1.